The number of anilines is 1. The Morgan fingerprint density at radius 2 is 2.27 bits per heavy atom. The van der Waals surface area contributed by atoms with Gasteiger partial charge in [-0.2, -0.15) is 0 Å². The number of rotatable bonds is 1. The Labute approximate surface area is 97.6 Å². The molecule has 0 bridgehead atoms. The van der Waals surface area contributed by atoms with Gasteiger partial charge >= 0.3 is 6.03 Å². The molecule has 0 spiro atoms. The van der Waals surface area contributed by atoms with E-state index in [2.05, 4.69) is 21.2 Å². The van der Waals surface area contributed by atoms with E-state index in [4.69, 9.17) is 0 Å². The van der Waals surface area contributed by atoms with Gasteiger partial charge in [0.05, 0.1) is 0 Å². The molecule has 1 saturated heterocycles. The highest BCUT2D eigenvalue weighted by Gasteiger charge is 2.19. The van der Waals surface area contributed by atoms with Gasteiger partial charge in [0.2, 0.25) is 0 Å². The summed E-state index contributed by atoms with van der Waals surface area (Å²) in [6, 6.07) is 5.98. The van der Waals surface area contributed by atoms with Crippen LogP contribution in [0.4, 0.5) is 10.5 Å². The first-order valence-electron chi connectivity index (χ1n) is 5.00. The van der Waals surface area contributed by atoms with Crippen molar-refractivity contribution in [3.63, 3.8) is 0 Å². The van der Waals surface area contributed by atoms with E-state index in [1.165, 1.54) is 5.56 Å². The quantitative estimate of drug-likeness (QED) is 0.835. The van der Waals surface area contributed by atoms with Gasteiger partial charge in [0.25, 0.3) is 0 Å². The predicted octanol–water partition coefficient (Wildman–Crippen LogP) is 2.68. The van der Waals surface area contributed by atoms with Crippen molar-refractivity contribution >= 4 is 27.6 Å². The second-order valence-corrected chi connectivity index (χ2v) is 4.52. The van der Waals surface area contributed by atoms with E-state index >= 15 is 0 Å². The third-order valence-electron chi connectivity index (χ3n) is 2.55. The SMILES string of the molecule is Cc1ccc(N2CCCNC2=O)cc1Br. The average molecular weight is 269 g/mol. The molecule has 1 aromatic rings. The number of carbonyl (C=O) groups is 1. The van der Waals surface area contributed by atoms with Crippen LogP contribution in [-0.4, -0.2) is 19.1 Å². The number of nitrogens with zero attached hydrogens (tertiary/aromatic N) is 1. The fraction of sp³-hybridized carbons (Fsp3) is 0.364. The molecule has 1 heterocycles. The van der Waals surface area contributed by atoms with Gasteiger partial charge in [0, 0.05) is 23.2 Å². The van der Waals surface area contributed by atoms with Crippen molar-refractivity contribution in [1.82, 2.24) is 5.32 Å². The molecule has 15 heavy (non-hydrogen) atoms. The fourth-order valence-corrected chi connectivity index (χ4v) is 1.99. The monoisotopic (exact) mass is 268 g/mol. The molecule has 0 aromatic heterocycles. The van der Waals surface area contributed by atoms with E-state index in [1.54, 1.807) is 4.90 Å². The lowest BCUT2D eigenvalue weighted by Crippen LogP contribution is -2.46. The van der Waals surface area contributed by atoms with Crippen LogP contribution in [0.15, 0.2) is 22.7 Å². The fourth-order valence-electron chi connectivity index (χ4n) is 1.63. The summed E-state index contributed by atoms with van der Waals surface area (Å²) >= 11 is 3.47. The summed E-state index contributed by atoms with van der Waals surface area (Å²) < 4.78 is 1.04. The number of carbonyl (C=O) groups excluding carboxylic acids is 1. The summed E-state index contributed by atoms with van der Waals surface area (Å²) in [5, 5.41) is 2.84. The van der Waals surface area contributed by atoms with Crippen LogP contribution in [0.1, 0.15) is 12.0 Å². The smallest absolute Gasteiger partial charge is 0.321 e. The van der Waals surface area contributed by atoms with Gasteiger partial charge in [-0.05, 0) is 31.0 Å². The first-order chi connectivity index (χ1) is 7.18. The summed E-state index contributed by atoms with van der Waals surface area (Å²) in [6.07, 6.45) is 0.997. The molecule has 1 fully saturated rings. The van der Waals surface area contributed by atoms with Gasteiger partial charge < -0.3 is 5.32 Å². The normalized spacial score (nSPS) is 16.4. The van der Waals surface area contributed by atoms with Crippen LogP contribution in [-0.2, 0) is 0 Å². The lowest BCUT2D eigenvalue weighted by Gasteiger charge is -2.27. The molecule has 0 radical (unpaired) electrons. The van der Waals surface area contributed by atoms with Gasteiger partial charge in [0.1, 0.15) is 0 Å². The Morgan fingerprint density at radius 3 is 2.93 bits per heavy atom. The summed E-state index contributed by atoms with van der Waals surface area (Å²) in [5.74, 6) is 0. The van der Waals surface area contributed by atoms with E-state index in [0.717, 1.165) is 29.7 Å². The summed E-state index contributed by atoms with van der Waals surface area (Å²) in [6.45, 7) is 3.60. The zero-order chi connectivity index (χ0) is 10.8. The van der Waals surface area contributed by atoms with E-state index < -0.39 is 0 Å². The molecular weight excluding hydrogens is 256 g/mol. The van der Waals surface area contributed by atoms with E-state index in [0.29, 0.717) is 0 Å². The maximum atomic E-state index is 11.6. The molecule has 1 N–H and O–H groups in total. The van der Waals surface area contributed by atoms with Gasteiger partial charge in [-0.3, -0.25) is 4.90 Å². The highest BCUT2D eigenvalue weighted by Crippen LogP contribution is 2.24. The Balaban J connectivity index is 2.28. The van der Waals surface area contributed by atoms with E-state index in [-0.39, 0.29) is 6.03 Å². The molecule has 1 aliphatic heterocycles. The maximum absolute atomic E-state index is 11.6. The number of nitrogens with one attached hydrogen (secondary N) is 1. The molecule has 0 saturated carbocycles. The molecule has 2 rings (SSSR count). The van der Waals surface area contributed by atoms with Crippen LogP contribution in [0.3, 0.4) is 0 Å². The molecule has 2 amide bonds. The number of hydrogen-bond donors (Lipinski definition) is 1. The van der Waals surface area contributed by atoms with Crippen molar-refractivity contribution in [2.24, 2.45) is 0 Å². The molecule has 0 atom stereocenters. The first-order valence-corrected chi connectivity index (χ1v) is 5.79. The van der Waals surface area contributed by atoms with Gasteiger partial charge in [-0.25, -0.2) is 4.79 Å². The van der Waals surface area contributed by atoms with Crippen molar-refractivity contribution in [3.8, 4) is 0 Å². The van der Waals surface area contributed by atoms with Crippen LogP contribution >= 0.6 is 15.9 Å². The Bertz CT molecular complexity index is 392. The van der Waals surface area contributed by atoms with Gasteiger partial charge in [-0.15, -0.1) is 0 Å². The Kier molecular flexibility index (Phi) is 2.95. The van der Waals surface area contributed by atoms with E-state index in [9.17, 15) is 4.79 Å². The summed E-state index contributed by atoms with van der Waals surface area (Å²) in [7, 11) is 0. The molecule has 80 valence electrons. The minimum atomic E-state index is -0.00277. The predicted molar refractivity (Wildman–Crippen MR) is 64.2 cm³/mol. The van der Waals surface area contributed by atoms with Crippen molar-refractivity contribution < 1.29 is 4.79 Å². The second-order valence-electron chi connectivity index (χ2n) is 3.67. The van der Waals surface area contributed by atoms with Gasteiger partial charge in [-0.1, -0.05) is 22.0 Å². The number of amides is 2. The molecular formula is C11H13BrN2O. The standard InChI is InChI=1S/C11H13BrN2O/c1-8-3-4-9(7-10(8)12)14-6-2-5-13-11(14)15/h3-4,7H,2,5-6H2,1H3,(H,13,15). The third kappa shape index (κ3) is 2.15. The topological polar surface area (TPSA) is 32.3 Å². The molecule has 0 aliphatic carbocycles. The Hall–Kier alpha value is -1.03. The maximum Gasteiger partial charge on any atom is 0.321 e. The van der Waals surface area contributed by atoms with Crippen molar-refractivity contribution in [2.75, 3.05) is 18.0 Å². The zero-order valence-electron chi connectivity index (χ0n) is 8.59. The van der Waals surface area contributed by atoms with Crippen LogP contribution in [0.25, 0.3) is 0 Å². The van der Waals surface area contributed by atoms with Crippen LogP contribution in [0.5, 0.6) is 0 Å². The zero-order valence-corrected chi connectivity index (χ0v) is 10.2. The summed E-state index contributed by atoms with van der Waals surface area (Å²) in [5.41, 5.74) is 2.13. The lowest BCUT2D eigenvalue weighted by molar-refractivity contribution is 0.243. The highest BCUT2D eigenvalue weighted by molar-refractivity contribution is 9.10. The number of aryl methyl sites for hydroxylation is 1. The number of benzene rings is 1. The highest BCUT2D eigenvalue weighted by atomic mass is 79.9. The van der Waals surface area contributed by atoms with Crippen molar-refractivity contribution in [1.29, 1.82) is 0 Å². The lowest BCUT2D eigenvalue weighted by atomic mass is 10.2. The summed E-state index contributed by atoms with van der Waals surface area (Å²) in [4.78, 5) is 13.4. The van der Waals surface area contributed by atoms with Crippen LogP contribution in [0, 0.1) is 6.92 Å². The molecule has 4 heteroatoms. The average Bonchev–Trinajstić information content (AvgIpc) is 2.23. The van der Waals surface area contributed by atoms with Crippen molar-refractivity contribution in [2.45, 2.75) is 13.3 Å². The van der Waals surface area contributed by atoms with E-state index in [1.807, 2.05) is 25.1 Å². The second kappa shape index (κ2) is 4.23. The number of urea groups is 1. The molecule has 1 aliphatic rings. The van der Waals surface area contributed by atoms with Gasteiger partial charge in [0.15, 0.2) is 0 Å². The van der Waals surface area contributed by atoms with Crippen molar-refractivity contribution in [3.05, 3.63) is 28.2 Å². The Morgan fingerprint density at radius 1 is 1.47 bits per heavy atom. The molecule has 0 unspecified atom stereocenters. The third-order valence-corrected chi connectivity index (χ3v) is 3.40. The van der Waals surface area contributed by atoms with Crippen LogP contribution in [0.2, 0.25) is 0 Å². The number of hydrogen-bond acceptors (Lipinski definition) is 1. The molecule has 1 aromatic carbocycles. The minimum absolute atomic E-state index is 0.00277. The largest absolute Gasteiger partial charge is 0.338 e. The van der Waals surface area contributed by atoms with Crippen LogP contribution < -0.4 is 10.2 Å². The first kappa shape index (κ1) is 10.5. The number of halogens is 1. The molecule has 3 nitrogen and oxygen atoms in total. The minimum Gasteiger partial charge on any atom is -0.338 e.